The van der Waals surface area contributed by atoms with E-state index in [4.69, 9.17) is 11.6 Å². The SMILES string of the molecule is COC(=O)c1cnc(-c2cc(Br)cs2)nc1Cl. The van der Waals surface area contributed by atoms with Crippen LogP contribution >= 0.6 is 38.9 Å². The molecule has 88 valence electrons. The first-order chi connectivity index (χ1) is 8.11. The Balaban J connectivity index is 2.40. The van der Waals surface area contributed by atoms with Crippen LogP contribution in [0.1, 0.15) is 10.4 Å². The van der Waals surface area contributed by atoms with E-state index in [1.807, 2.05) is 11.4 Å². The third-order valence-electron chi connectivity index (χ3n) is 1.94. The summed E-state index contributed by atoms with van der Waals surface area (Å²) in [7, 11) is 1.28. The maximum Gasteiger partial charge on any atom is 0.342 e. The fraction of sp³-hybridized carbons (Fsp3) is 0.100. The fourth-order valence-corrected chi connectivity index (χ4v) is 2.73. The van der Waals surface area contributed by atoms with Gasteiger partial charge in [0.05, 0.1) is 12.0 Å². The summed E-state index contributed by atoms with van der Waals surface area (Å²) in [6, 6.07) is 1.88. The first kappa shape index (κ1) is 12.5. The Morgan fingerprint density at radius 1 is 1.59 bits per heavy atom. The van der Waals surface area contributed by atoms with Crippen LogP contribution in [-0.2, 0) is 4.74 Å². The highest BCUT2D eigenvalue weighted by molar-refractivity contribution is 9.10. The lowest BCUT2D eigenvalue weighted by molar-refractivity contribution is 0.0600. The maximum atomic E-state index is 11.3. The van der Waals surface area contributed by atoms with Crippen molar-refractivity contribution >= 4 is 44.8 Å². The van der Waals surface area contributed by atoms with Crippen molar-refractivity contribution in [3.05, 3.63) is 32.8 Å². The Bertz CT molecular complexity index is 573. The summed E-state index contributed by atoms with van der Waals surface area (Å²) in [4.78, 5) is 20.3. The normalized spacial score (nSPS) is 10.3. The summed E-state index contributed by atoms with van der Waals surface area (Å²) in [5, 5.41) is 2.01. The number of carbonyl (C=O) groups is 1. The minimum absolute atomic E-state index is 0.0892. The molecule has 0 spiro atoms. The molecular weight excluding hydrogens is 328 g/mol. The molecule has 0 saturated carbocycles. The van der Waals surface area contributed by atoms with Crippen LogP contribution in [0.5, 0.6) is 0 Å². The number of hydrogen-bond acceptors (Lipinski definition) is 5. The van der Waals surface area contributed by atoms with Gasteiger partial charge in [-0.2, -0.15) is 0 Å². The van der Waals surface area contributed by atoms with E-state index >= 15 is 0 Å². The van der Waals surface area contributed by atoms with Crippen LogP contribution in [0.3, 0.4) is 0 Å². The Labute approximate surface area is 115 Å². The Kier molecular flexibility index (Phi) is 3.76. The monoisotopic (exact) mass is 332 g/mol. The van der Waals surface area contributed by atoms with Crippen molar-refractivity contribution in [3.8, 4) is 10.7 Å². The van der Waals surface area contributed by atoms with Crippen LogP contribution in [0.4, 0.5) is 0 Å². The van der Waals surface area contributed by atoms with E-state index in [0.717, 1.165) is 9.35 Å². The van der Waals surface area contributed by atoms with Gasteiger partial charge in [-0.15, -0.1) is 11.3 Å². The lowest BCUT2D eigenvalue weighted by atomic mass is 10.3. The predicted octanol–water partition coefficient (Wildman–Crippen LogP) is 3.41. The van der Waals surface area contributed by atoms with Crippen LogP contribution in [0.25, 0.3) is 10.7 Å². The van der Waals surface area contributed by atoms with Gasteiger partial charge in [0, 0.05) is 16.0 Å². The van der Waals surface area contributed by atoms with Gasteiger partial charge in [0.25, 0.3) is 0 Å². The number of ether oxygens (including phenoxy) is 1. The third-order valence-corrected chi connectivity index (χ3v) is 3.91. The molecule has 0 unspecified atom stereocenters. The molecule has 0 amide bonds. The zero-order chi connectivity index (χ0) is 12.4. The molecule has 0 aliphatic heterocycles. The van der Waals surface area contributed by atoms with Gasteiger partial charge in [-0.1, -0.05) is 11.6 Å². The molecule has 0 aromatic carbocycles. The summed E-state index contributed by atoms with van der Waals surface area (Å²) in [5.74, 6) is -0.0627. The minimum Gasteiger partial charge on any atom is -0.465 e. The zero-order valence-electron chi connectivity index (χ0n) is 8.61. The van der Waals surface area contributed by atoms with Gasteiger partial charge in [0.2, 0.25) is 0 Å². The van der Waals surface area contributed by atoms with Crippen molar-refractivity contribution in [2.75, 3.05) is 7.11 Å². The zero-order valence-corrected chi connectivity index (χ0v) is 11.8. The van der Waals surface area contributed by atoms with Gasteiger partial charge in [-0.25, -0.2) is 14.8 Å². The summed E-state index contributed by atoms with van der Waals surface area (Å²) in [5.41, 5.74) is 0.161. The van der Waals surface area contributed by atoms with Gasteiger partial charge in [0.1, 0.15) is 10.7 Å². The molecule has 0 atom stereocenters. The second-order valence-electron chi connectivity index (χ2n) is 3.02. The van der Waals surface area contributed by atoms with Crippen molar-refractivity contribution in [3.63, 3.8) is 0 Å². The molecule has 2 aromatic rings. The van der Waals surface area contributed by atoms with Crippen molar-refractivity contribution < 1.29 is 9.53 Å². The molecule has 0 aliphatic rings. The summed E-state index contributed by atoms with van der Waals surface area (Å²) in [6.45, 7) is 0. The van der Waals surface area contributed by atoms with Crippen LogP contribution in [-0.4, -0.2) is 23.0 Å². The molecule has 0 bridgehead atoms. The number of aromatic nitrogens is 2. The largest absolute Gasteiger partial charge is 0.465 e. The van der Waals surface area contributed by atoms with E-state index in [1.165, 1.54) is 24.6 Å². The summed E-state index contributed by atoms with van der Waals surface area (Å²) in [6.07, 6.45) is 1.37. The highest BCUT2D eigenvalue weighted by Gasteiger charge is 2.14. The number of esters is 1. The number of carbonyl (C=O) groups excluding carboxylic acids is 1. The van der Waals surface area contributed by atoms with Crippen LogP contribution < -0.4 is 0 Å². The molecule has 0 aliphatic carbocycles. The molecule has 2 rings (SSSR count). The lowest BCUT2D eigenvalue weighted by Gasteiger charge is -2.02. The molecule has 17 heavy (non-hydrogen) atoms. The van der Waals surface area contributed by atoms with Gasteiger partial charge in [0.15, 0.2) is 5.82 Å². The van der Waals surface area contributed by atoms with Crippen LogP contribution in [0, 0.1) is 0 Å². The van der Waals surface area contributed by atoms with Crippen molar-refractivity contribution in [2.45, 2.75) is 0 Å². The minimum atomic E-state index is -0.547. The Morgan fingerprint density at radius 2 is 2.35 bits per heavy atom. The number of hydrogen-bond donors (Lipinski definition) is 0. The summed E-state index contributed by atoms with van der Waals surface area (Å²) >= 11 is 10.7. The second-order valence-corrected chi connectivity index (χ2v) is 5.20. The quantitative estimate of drug-likeness (QED) is 0.624. The van der Waals surface area contributed by atoms with Crippen molar-refractivity contribution in [1.82, 2.24) is 9.97 Å². The average Bonchev–Trinajstić information content (AvgIpc) is 2.75. The van der Waals surface area contributed by atoms with Gasteiger partial charge < -0.3 is 4.74 Å². The molecule has 0 saturated heterocycles. The third kappa shape index (κ3) is 2.65. The molecule has 0 fully saturated rings. The Morgan fingerprint density at radius 3 is 2.88 bits per heavy atom. The van der Waals surface area contributed by atoms with E-state index in [0.29, 0.717) is 5.82 Å². The predicted molar refractivity (Wildman–Crippen MR) is 69.4 cm³/mol. The number of rotatable bonds is 2. The fourth-order valence-electron chi connectivity index (χ4n) is 1.16. The van der Waals surface area contributed by atoms with Gasteiger partial charge in [-0.05, 0) is 22.0 Å². The lowest BCUT2D eigenvalue weighted by Crippen LogP contribution is -2.04. The molecule has 0 N–H and O–H groups in total. The molecule has 2 aromatic heterocycles. The first-order valence-electron chi connectivity index (χ1n) is 4.47. The number of methoxy groups -OCH3 is 1. The Hall–Kier alpha value is -0.980. The smallest absolute Gasteiger partial charge is 0.342 e. The van der Waals surface area contributed by atoms with Crippen molar-refractivity contribution in [1.29, 1.82) is 0 Å². The highest BCUT2D eigenvalue weighted by atomic mass is 79.9. The van der Waals surface area contributed by atoms with E-state index in [2.05, 4.69) is 30.6 Å². The topological polar surface area (TPSA) is 52.1 Å². The van der Waals surface area contributed by atoms with Gasteiger partial charge in [-0.3, -0.25) is 0 Å². The van der Waals surface area contributed by atoms with Gasteiger partial charge >= 0.3 is 5.97 Å². The molecule has 4 nitrogen and oxygen atoms in total. The standard InChI is InChI=1S/C10H6BrClN2O2S/c1-16-10(15)6-3-13-9(14-8(6)12)7-2-5(11)4-17-7/h2-4H,1H3. The van der Waals surface area contributed by atoms with E-state index in [1.54, 1.807) is 0 Å². The number of halogens is 2. The molecular formula is C10H6BrClN2O2S. The first-order valence-corrected chi connectivity index (χ1v) is 6.52. The van der Waals surface area contributed by atoms with E-state index in [-0.39, 0.29) is 10.7 Å². The average molecular weight is 334 g/mol. The van der Waals surface area contributed by atoms with Crippen LogP contribution in [0.2, 0.25) is 5.15 Å². The molecule has 0 radical (unpaired) electrons. The van der Waals surface area contributed by atoms with E-state index < -0.39 is 5.97 Å². The van der Waals surface area contributed by atoms with Crippen molar-refractivity contribution in [2.24, 2.45) is 0 Å². The maximum absolute atomic E-state index is 11.3. The van der Waals surface area contributed by atoms with Crippen LogP contribution in [0.15, 0.2) is 22.1 Å². The molecule has 7 heteroatoms. The number of thiophene rings is 1. The van der Waals surface area contributed by atoms with E-state index in [9.17, 15) is 4.79 Å². The second kappa shape index (κ2) is 5.12. The molecule has 2 heterocycles. The highest BCUT2D eigenvalue weighted by Crippen LogP contribution is 2.28. The summed E-state index contributed by atoms with van der Waals surface area (Å²) < 4.78 is 5.51. The number of nitrogens with zero attached hydrogens (tertiary/aromatic N) is 2.